The van der Waals surface area contributed by atoms with Gasteiger partial charge in [-0.1, -0.05) is 11.6 Å². The molecule has 2 aromatic carbocycles. The maximum atomic E-state index is 12.3. The Balaban J connectivity index is 2.04. The first-order chi connectivity index (χ1) is 12.9. The molecule has 2 amide bonds. The van der Waals surface area contributed by atoms with Crippen LogP contribution in [0.25, 0.3) is 10.9 Å². The second-order valence-corrected chi connectivity index (χ2v) is 5.73. The Morgan fingerprint density at radius 2 is 1.67 bits per heavy atom. The van der Waals surface area contributed by atoms with E-state index in [-0.39, 0.29) is 16.6 Å². The second kappa shape index (κ2) is 7.22. The zero-order valence-electron chi connectivity index (χ0n) is 13.4. The van der Waals surface area contributed by atoms with Crippen LogP contribution in [0.3, 0.4) is 0 Å². The van der Waals surface area contributed by atoms with Crippen LogP contribution in [-0.4, -0.2) is 20.9 Å². The topological polar surface area (TPSA) is 140 Å². The fourth-order valence-corrected chi connectivity index (χ4v) is 2.57. The molecule has 0 unspecified atom stereocenters. The lowest BCUT2D eigenvalue weighted by Gasteiger charge is -2.10. The van der Waals surface area contributed by atoms with Gasteiger partial charge in [0.25, 0.3) is 5.69 Å². The van der Waals surface area contributed by atoms with Crippen molar-refractivity contribution in [3.63, 3.8) is 0 Å². The summed E-state index contributed by atoms with van der Waals surface area (Å²) in [5, 5.41) is 28.0. The summed E-state index contributed by atoms with van der Waals surface area (Å²) in [4.78, 5) is 37.3. The first-order valence-electron chi connectivity index (χ1n) is 7.41. The highest BCUT2D eigenvalue weighted by Crippen LogP contribution is 2.38. The summed E-state index contributed by atoms with van der Waals surface area (Å²) in [6.45, 7) is 0. The minimum Gasteiger partial charge on any atom is -0.308 e. The molecule has 0 fully saturated rings. The van der Waals surface area contributed by atoms with Crippen LogP contribution in [0.4, 0.5) is 27.5 Å². The average Bonchev–Trinajstić information content (AvgIpc) is 2.63. The summed E-state index contributed by atoms with van der Waals surface area (Å²) in [5.41, 5.74) is -1.02. The van der Waals surface area contributed by atoms with Crippen LogP contribution in [0.2, 0.25) is 5.02 Å². The highest BCUT2D eigenvalue weighted by molar-refractivity contribution is 6.30. The van der Waals surface area contributed by atoms with Crippen LogP contribution in [0, 0.1) is 20.2 Å². The monoisotopic (exact) mass is 387 g/mol. The Labute approximate surface area is 156 Å². The van der Waals surface area contributed by atoms with Gasteiger partial charge in [-0.2, -0.15) is 0 Å². The minimum absolute atomic E-state index is 0.0647. The number of non-ortho nitro benzene ring substituents is 1. The van der Waals surface area contributed by atoms with Gasteiger partial charge >= 0.3 is 11.7 Å². The van der Waals surface area contributed by atoms with E-state index in [4.69, 9.17) is 11.6 Å². The van der Waals surface area contributed by atoms with Crippen LogP contribution in [0.15, 0.2) is 48.7 Å². The molecule has 0 aliphatic carbocycles. The van der Waals surface area contributed by atoms with E-state index in [1.165, 1.54) is 18.3 Å². The van der Waals surface area contributed by atoms with Crippen molar-refractivity contribution in [1.29, 1.82) is 0 Å². The number of anilines is 2. The van der Waals surface area contributed by atoms with E-state index < -0.39 is 27.3 Å². The van der Waals surface area contributed by atoms with Gasteiger partial charge in [-0.25, -0.2) is 4.79 Å². The van der Waals surface area contributed by atoms with Gasteiger partial charge in [0.15, 0.2) is 0 Å². The zero-order chi connectivity index (χ0) is 19.6. The lowest BCUT2D eigenvalue weighted by molar-refractivity contribution is -0.392. The molecule has 1 aromatic heterocycles. The third-order valence-electron chi connectivity index (χ3n) is 3.58. The molecule has 0 bridgehead atoms. The molecule has 136 valence electrons. The van der Waals surface area contributed by atoms with Gasteiger partial charge in [-0.3, -0.25) is 30.5 Å². The summed E-state index contributed by atoms with van der Waals surface area (Å²) in [6, 6.07) is 9.07. The summed E-state index contributed by atoms with van der Waals surface area (Å²) >= 11 is 5.77. The van der Waals surface area contributed by atoms with Crippen LogP contribution in [-0.2, 0) is 0 Å². The van der Waals surface area contributed by atoms with Crippen molar-refractivity contribution in [3.8, 4) is 0 Å². The van der Waals surface area contributed by atoms with Gasteiger partial charge in [0.2, 0.25) is 0 Å². The van der Waals surface area contributed by atoms with Crippen LogP contribution < -0.4 is 10.6 Å². The maximum absolute atomic E-state index is 12.3. The number of amides is 2. The normalized spacial score (nSPS) is 10.4. The Bertz CT molecular complexity index is 1070. The number of aromatic nitrogens is 1. The molecular weight excluding hydrogens is 378 g/mol. The summed E-state index contributed by atoms with van der Waals surface area (Å²) < 4.78 is 0. The molecule has 0 atom stereocenters. The number of nitro benzene ring substituents is 2. The molecule has 27 heavy (non-hydrogen) atoms. The van der Waals surface area contributed by atoms with Crippen molar-refractivity contribution in [1.82, 2.24) is 4.98 Å². The molecule has 2 N–H and O–H groups in total. The predicted molar refractivity (Wildman–Crippen MR) is 99.1 cm³/mol. The predicted octanol–water partition coefficient (Wildman–Crippen LogP) is 4.35. The van der Waals surface area contributed by atoms with E-state index in [2.05, 4.69) is 15.6 Å². The summed E-state index contributed by atoms with van der Waals surface area (Å²) in [5.74, 6) is 0. The van der Waals surface area contributed by atoms with E-state index in [1.807, 2.05) is 0 Å². The van der Waals surface area contributed by atoms with E-state index in [1.54, 1.807) is 24.3 Å². The largest absolute Gasteiger partial charge is 0.323 e. The fourth-order valence-electron chi connectivity index (χ4n) is 2.44. The molecule has 0 spiro atoms. The lowest BCUT2D eigenvalue weighted by Crippen LogP contribution is -2.20. The van der Waals surface area contributed by atoms with Gasteiger partial charge in [-0.15, -0.1) is 0 Å². The number of benzene rings is 2. The van der Waals surface area contributed by atoms with Crippen molar-refractivity contribution in [2.24, 2.45) is 0 Å². The van der Waals surface area contributed by atoms with Crippen LogP contribution >= 0.6 is 11.6 Å². The molecule has 0 saturated heterocycles. The number of pyridine rings is 1. The summed E-state index contributed by atoms with van der Waals surface area (Å²) in [6.07, 6.45) is 1.32. The van der Waals surface area contributed by atoms with Crippen molar-refractivity contribution in [2.75, 3.05) is 10.6 Å². The maximum Gasteiger partial charge on any atom is 0.323 e. The van der Waals surface area contributed by atoms with E-state index in [9.17, 15) is 25.0 Å². The number of urea groups is 1. The molecule has 11 heteroatoms. The van der Waals surface area contributed by atoms with Gasteiger partial charge in [0, 0.05) is 16.9 Å². The molecule has 3 rings (SSSR count). The number of hydrogen-bond donors (Lipinski definition) is 2. The van der Waals surface area contributed by atoms with E-state index in [0.29, 0.717) is 10.7 Å². The number of nitrogens with zero attached hydrogens (tertiary/aromatic N) is 3. The molecule has 0 saturated carbocycles. The Morgan fingerprint density at radius 3 is 2.30 bits per heavy atom. The highest BCUT2D eigenvalue weighted by Gasteiger charge is 2.27. The fraction of sp³-hybridized carbons (Fsp3) is 0. The molecule has 0 aliphatic heterocycles. The molecule has 0 radical (unpaired) electrons. The quantitative estimate of drug-likeness (QED) is 0.503. The molecular formula is C16H10ClN5O5. The van der Waals surface area contributed by atoms with Gasteiger partial charge in [0.1, 0.15) is 11.2 Å². The molecule has 0 aliphatic rings. The second-order valence-electron chi connectivity index (χ2n) is 5.29. The van der Waals surface area contributed by atoms with Crippen molar-refractivity contribution in [2.45, 2.75) is 0 Å². The number of hydrogen-bond acceptors (Lipinski definition) is 6. The number of carbonyl (C=O) groups excluding carboxylic acids is 1. The highest BCUT2D eigenvalue weighted by atomic mass is 35.5. The minimum atomic E-state index is -0.820. The zero-order valence-corrected chi connectivity index (χ0v) is 14.1. The number of carbonyl (C=O) groups is 1. The number of rotatable bonds is 4. The molecule has 10 nitrogen and oxygen atoms in total. The van der Waals surface area contributed by atoms with Crippen LogP contribution in [0.5, 0.6) is 0 Å². The number of fused-ring (bicyclic) bond motifs is 1. The third kappa shape index (κ3) is 3.75. The number of nitrogens with one attached hydrogen (secondary N) is 2. The molecule has 3 aromatic rings. The third-order valence-corrected chi connectivity index (χ3v) is 3.84. The Morgan fingerprint density at radius 1 is 1.00 bits per heavy atom. The first kappa shape index (κ1) is 18.0. The SMILES string of the molecule is O=C(Nc1ccc(Cl)cc1)Nc1c([N+](=O)[O-])cc([N+](=O)[O-])c2cccnc12. The Kier molecular flexibility index (Phi) is 4.81. The van der Waals surface area contributed by atoms with Crippen LogP contribution in [0.1, 0.15) is 0 Å². The van der Waals surface area contributed by atoms with Gasteiger partial charge < -0.3 is 5.32 Å². The van der Waals surface area contributed by atoms with E-state index >= 15 is 0 Å². The first-order valence-corrected chi connectivity index (χ1v) is 7.78. The number of halogens is 1. The van der Waals surface area contributed by atoms with Crippen molar-refractivity contribution < 1.29 is 14.6 Å². The Hall–Kier alpha value is -3.79. The smallest absolute Gasteiger partial charge is 0.308 e. The lowest BCUT2D eigenvalue weighted by atomic mass is 10.1. The van der Waals surface area contributed by atoms with Crippen molar-refractivity contribution in [3.05, 3.63) is 73.9 Å². The number of nitro groups is 2. The van der Waals surface area contributed by atoms with E-state index in [0.717, 1.165) is 6.07 Å². The van der Waals surface area contributed by atoms with Gasteiger partial charge in [-0.05, 0) is 36.4 Å². The average molecular weight is 388 g/mol. The van der Waals surface area contributed by atoms with Crippen molar-refractivity contribution >= 4 is 51.3 Å². The standard InChI is InChI=1S/C16H10ClN5O5/c17-9-3-5-10(6-4-9)19-16(23)20-15-13(22(26)27)8-12(21(24)25)11-2-1-7-18-14(11)15/h1-8H,(H2,19,20,23). The molecule has 1 heterocycles. The summed E-state index contributed by atoms with van der Waals surface area (Å²) in [7, 11) is 0. The van der Waals surface area contributed by atoms with Gasteiger partial charge in [0.05, 0.1) is 21.3 Å².